The highest BCUT2D eigenvalue weighted by Crippen LogP contribution is 2.16. The highest BCUT2D eigenvalue weighted by molar-refractivity contribution is 7.12. The molecule has 8 heteroatoms. The lowest BCUT2D eigenvalue weighted by atomic mass is 9.90. The Hall–Kier alpha value is -3.18. The van der Waals surface area contributed by atoms with Crippen molar-refractivity contribution in [3.05, 3.63) is 52.2 Å². The van der Waals surface area contributed by atoms with Gasteiger partial charge in [-0.05, 0) is 42.5 Å². The zero-order chi connectivity index (χ0) is 20.7. The summed E-state index contributed by atoms with van der Waals surface area (Å²) in [6, 6.07) is 11.8. The quantitative estimate of drug-likeness (QED) is 0.695. The van der Waals surface area contributed by atoms with E-state index in [1.165, 1.54) is 23.5 Å². The van der Waals surface area contributed by atoms with Crippen molar-refractivity contribution in [1.82, 2.24) is 5.32 Å². The number of carbonyl (C=O) groups excluding carboxylic acids is 3. The first-order valence-corrected chi connectivity index (χ1v) is 9.47. The molecule has 2 rings (SSSR count). The normalized spacial score (nSPS) is 12.5. The summed E-state index contributed by atoms with van der Waals surface area (Å²) in [5, 5.41) is 16.3. The average molecular weight is 399 g/mol. The minimum absolute atomic E-state index is 0.110. The summed E-state index contributed by atoms with van der Waals surface area (Å²) < 4.78 is 5.02. The van der Waals surface area contributed by atoms with Gasteiger partial charge in [0.05, 0.1) is 16.5 Å². The van der Waals surface area contributed by atoms with Crippen LogP contribution in [0.25, 0.3) is 0 Å². The summed E-state index contributed by atoms with van der Waals surface area (Å²) in [7, 11) is 0. The van der Waals surface area contributed by atoms with Crippen molar-refractivity contribution in [2.45, 2.75) is 26.3 Å². The zero-order valence-electron chi connectivity index (χ0n) is 15.8. The first-order valence-electron chi connectivity index (χ1n) is 8.59. The Labute approximate surface area is 167 Å². The maximum atomic E-state index is 12.2. The molecule has 7 nitrogen and oxygen atoms in total. The first kappa shape index (κ1) is 21.1. The summed E-state index contributed by atoms with van der Waals surface area (Å²) in [6.07, 6.45) is 0. The van der Waals surface area contributed by atoms with Crippen molar-refractivity contribution >= 4 is 34.8 Å². The lowest BCUT2D eigenvalue weighted by Crippen LogP contribution is -2.50. The van der Waals surface area contributed by atoms with Gasteiger partial charge in [0, 0.05) is 5.69 Å². The van der Waals surface area contributed by atoms with E-state index in [1.54, 1.807) is 36.6 Å². The molecular formula is C20H21N3O4S. The molecule has 0 aliphatic heterocycles. The van der Waals surface area contributed by atoms with Gasteiger partial charge in [-0.15, -0.1) is 11.3 Å². The monoisotopic (exact) mass is 399 g/mol. The molecular weight excluding hydrogens is 378 g/mol. The standard InChI is InChI=1S/C20H21N3O4S/c1-13(2)20(3,12-21)23-17(24)11-27-19(26)14-6-4-7-15(10-14)22-18(25)16-8-5-9-28-16/h4-10,13H,11H2,1-3H3,(H,22,25)(H,23,24)/t20-/m0/s1. The fourth-order valence-electron chi connectivity index (χ4n) is 2.17. The van der Waals surface area contributed by atoms with Crippen LogP contribution in [0, 0.1) is 17.2 Å². The van der Waals surface area contributed by atoms with Gasteiger partial charge in [-0.2, -0.15) is 5.26 Å². The molecule has 0 saturated carbocycles. The number of hydrogen-bond donors (Lipinski definition) is 2. The third-order valence-corrected chi connectivity index (χ3v) is 5.09. The fourth-order valence-corrected chi connectivity index (χ4v) is 2.78. The molecule has 0 saturated heterocycles. The second-order valence-electron chi connectivity index (χ2n) is 6.61. The highest BCUT2D eigenvalue weighted by Gasteiger charge is 2.30. The molecule has 2 aromatic rings. The number of anilines is 1. The Balaban J connectivity index is 1.95. The number of nitriles is 1. The maximum absolute atomic E-state index is 12.2. The van der Waals surface area contributed by atoms with Crippen LogP contribution in [0.5, 0.6) is 0 Å². The second kappa shape index (κ2) is 9.15. The SMILES string of the molecule is CC(C)[C@](C)(C#N)NC(=O)COC(=O)c1cccc(NC(=O)c2cccs2)c1. The van der Waals surface area contributed by atoms with Crippen LogP contribution in [0.15, 0.2) is 41.8 Å². The van der Waals surface area contributed by atoms with E-state index < -0.39 is 24.0 Å². The van der Waals surface area contributed by atoms with Crippen LogP contribution < -0.4 is 10.6 Å². The van der Waals surface area contributed by atoms with Crippen LogP contribution in [0.2, 0.25) is 0 Å². The number of rotatable bonds is 7. The van der Waals surface area contributed by atoms with Crippen LogP contribution in [0.4, 0.5) is 5.69 Å². The largest absolute Gasteiger partial charge is 0.452 e. The molecule has 0 radical (unpaired) electrons. The van der Waals surface area contributed by atoms with Crippen molar-refractivity contribution in [3.63, 3.8) is 0 Å². The minimum Gasteiger partial charge on any atom is -0.452 e. The van der Waals surface area contributed by atoms with Crippen LogP contribution >= 0.6 is 11.3 Å². The first-order chi connectivity index (χ1) is 13.2. The lowest BCUT2D eigenvalue weighted by Gasteiger charge is -2.27. The number of esters is 1. The lowest BCUT2D eigenvalue weighted by molar-refractivity contribution is -0.125. The van der Waals surface area contributed by atoms with Gasteiger partial charge < -0.3 is 15.4 Å². The number of hydrogen-bond acceptors (Lipinski definition) is 6. The fraction of sp³-hybridized carbons (Fsp3) is 0.300. The number of nitrogens with one attached hydrogen (secondary N) is 2. The number of carbonyl (C=O) groups is 3. The highest BCUT2D eigenvalue weighted by atomic mass is 32.1. The van der Waals surface area contributed by atoms with E-state index in [2.05, 4.69) is 16.7 Å². The van der Waals surface area contributed by atoms with Crippen molar-refractivity contribution < 1.29 is 19.1 Å². The maximum Gasteiger partial charge on any atom is 0.338 e. The molecule has 0 aliphatic carbocycles. The molecule has 0 aliphatic rings. The van der Waals surface area contributed by atoms with Crippen molar-refractivity contribution in [2.24, 2.45) is 5.92 Å². The summed E-state index contributed by atoms with van der Waals surface area (Å²) >= 11 is 1.31. The molecule has 1 aromatic carbocycles. The van der Waals surface area contributed by atoms with Crippen LogP contribution in [-0.2, 0) is 9.53 Å². The van der Waals surface area contributed by atoms with Gasteiger partial charge >= 0.3 is 5.97 Å². The molecule has 28 heavy (non-hydrogen) atoms. The van der Waals surface area contributed by atoms with Gasteiger partial charge in [-0.25, -0.2) is 4.79 Å². The number of nitrogens with zero attached hydrogens (tertiary/aromatic N) is 1. The van der Waals surface area contributed by atoms with Gasteiger partial charge in [-0.1, -0.05) is 26.0 Å². The van der Waals surface area contributed by atoms with E-state index in [-0.39, 0.29) is 17.4 Å². The smallest absolute Gasteiger partial charge is 0.338 e. The van der Waals surface area contributed by atoms with E-state index in [1.807, 2.05) is 13.8 Å². The Morgan fingerprint density at radius 3 is 2.61 bits per heavy atom. The van der Waals surface area contributed by atoms with Crippen LogP contribution in [0.3, 0.4) is 0 Å². The summed E-state index contributed by atoms with van der Waals surface area (Å²) in [6.45, 7) is 4.72. The molecule has 0 unspecified atom stereocenters. The molecule has 1 atom stereocenters. The van der Waals surface area contributed by atoms with E-state index >= 15 is 0 Å². The van der Waals surface area contributed by atoms with Crippen molar-refractivity contribution in [1.29, 1.82) is 5.26 Å². The second-order valence-corrected chi connectivity index (χ2v) is 7.55. The van der Waals surface area contributed by atoms with Gasteiger partial charge in [-0.3, -0.25) is 9.59 Å². The zero-order valence-corrected chi connectivity index (χ0v) is 16.6. The average Bonchev–Trinajstić information content (AvgIpc) is 3.21. The number of amides is 2. The number of thiophene rings is 1. The minimum atomic E-state index is -1.05. The van der Waals surface area contributed by atoms with Crippen LogP contribution in [-0.4, -0.2) is 29.9 Å². The topological polar surface area (TPSA) is 108 Å². The Morgan fingerprint density at radius 2 is 2.00 bits per heavy atom. The summed E-state index contributed by atoms with van der Waals surface area (Å²) in [5.41, 5.74) is -0.409. The molecule has 0 spiro atoms. The molecule has 146 valence electrons. The Morgan fingerprint density at radius 1 is 1.25 bits per heavy atom. The number of ether oxygens (including phenoxy) is 1. The van der Waals surface area contributed by atoms with Crippen molar-refractivity contribution in [3.8, 4) is 6.07 Å². The Kier molecular flexibility index (Phi) is 6.90. The van der Waals surface area contributed by atoms with E-state index in [0.717, 1.165) is 0 Å². The van der Waals surface area contributed by atoms with Crippen LogP contribution in [0.1, 0.15) is 40.8 Å². The predicted molar refractivity (Wildman–Crippen MR) is 106 cm³/mol. The third-order valence-electron chi connectivity index (χ3n) is 4.22. The van der Waals surface area contributed by atoms with Gasteiger partial charge in [0.1, 0.15) is 5.54 Å². The van der Waals surface area contributed by atoms with E-state index in [0.29, 0.717) is 10.6 Å². The Bertz CT molecular complexity index is 902. The molecule has 1 heterocycles. The molecule has 0 fully saturated rings. The van der Waals surface area contributed by atoms with Gasteiger partial charge in [0.15, 0.2) is 6.61 Å². The molecule has 0 bridgehead atoms. The summed E-state index contributed by atoms with van der Waals surface area (Å²) in [4.78, 5) is 36.9. The summed E-state index contributed by atoms with van der Waals surface area (Å²) in [5.74, 6) is -1.65. The molecule has 2 amide bonds. The van der Waals surface area contributed by atoms with E-state index in [4.69, 9.17) is 4.74 Å². The molecule has 2 N–H and O–H groups in total. The van der Waals surface area contributed by atoms with Gasteiger partial charge in [0.2, 0.25) is 0 Å². The predicted octanol–water partition coefficient (Wildman–Crippen LogP) is 3.21. The van der Waals surface area contributed by atoms with Gasteiger partial charge in [0.25, 0.3) is 11.8 Å². The third kappa shape index (κ3) is 5.41. The van der Waals surface area contributed by atoms with E-state index in [9.17, 15) is 19.6 Å². The molecule has 1 aromatic heterocycles. The van der Waals surface area contributed by atoms with Crippen molar-refractivity contribution in [2.75, 3.05) is 11.9 Å². The number of benzene rings is 1.